The van der Waals surface area contributed by atoms with E-state index in [1.807, 2.05) is 6.92 Å². The third kappa shape index (κ3) is 1.26. The maximum absolute atomic E-state index is 8.62. The Balaban J connectivity index is 2.65. The van der Waals surface area contributed by atoms with Gasteiger partial charge in [-0.05, 0) is 0 Å². The number of rotatable bonds is 2. The van der Waals surface area contributed by atoms with E-state index in [4.69, 9.17) is 5.11 Å². The van der Waals surface area contributed by atoms with Crippen molar-refractivity contribution in [1.82, 2.24) is 15.2 Å². The van der Waals surface area contributed by atoms with Crippen LogP contribution in [0, 0.1) is 0 Å². The van der Waals surface area contributed by atoms with Gasteiger partial charge in [0, 0.05) is 5.92 Å². The van der Waals surface area contributed by atoms with E-state index in [0.29, 0.717) is 0 Å². The van der Waals surface area contributed by atoms with Gasteiger partial charge in [-0.1, -0.05) is 6.92 Å². The first kappa shape index (κ1) is 6.22. The van der Waals surface area contributed by atoms with E-state index in [9.17, 15) is 0 Å². The zero-order valence-corrected chi connectivity index (χ0v) is 5.20. The van der Waals surface area contributed by atoms with Crippen molar-refractivity contribution in [2.75, 3.05) is 6.61 Å². The van der Waals surface area contributed by atoms with Crippen LogP contribution in [0.2, 0.25) is 0 Å². The Morgan fingerprint density at radius 2 is 2.67 bits per heavy atom. The van der Waals surface area contributed by atoms with Crippen molar-refractivity contribution in [3.8, 4) is 0 Å². The molecule has 1 atom stereocenters. The first-order valence-electron chi connectivity index (χ1n) is 2.80. The van der Waals surface area contributed by atoms with Crippen molar-refractivity contribution in [3.63, 3.8) is 0 Å². The summed E-state index contributed by atoms with van der Waals surface area (Å²) in [5.41, 5.74) is 0. The van der Waals surface area contributed by atoms with Gasteiger partial charge in [0.25, 0.3) is 0 Å². The number of aliphatic hydroxyl groups is 1. The molecule has 0 aliphatic carbocycles. The summed E-state index contributed by atoms with van der Waals surface area (Å²) < 4.78 is 0. The average Bonchev–Trinajstić information content (AvgIpc) is 2.37. The fraction of sp³-hybridized carbons (Fsp3) is 0.600. The molecule has 4 heteroatoms. The second-order valence-electron chi connectivity index (χ2n) is 1.95. The Kier molecular flexibility index (Phi) is 1.79. The Morgan fingerprint density at radius 3 is 3.11 bits per heavy atom. The zero-order chi connectivity index (χ0) is 6.69. The van der Waals surface area contributed by atoms with Crippen LogP contribution in [-0.2, 0) is 0 Å². The van der Waals surface area contributed by atoms with Crippen molar-refractivity contribution in [2.24, 2.45) is 0 Å². The molecule has 0 amide bonds. The third-order valence-corrected chi connectivity index (χ3v) is 1.17. The number of aliphatic hydroxyl groups excluding tert-OH is 1. The van der Waals surface area contributed by atoms with Crippen molar-refractivity contribution < 1.29 is 5.11 Å². The van der Waals surface area contributed by atoms with Gasteiger partial charge in [0.2, 0.25) is 0 Å². The first-order chi connectivity index (χ1) is 4.34. The van der Waals surface area contributed by atoms with Crippen LogP contribution < -0.4 is 0 Å². The quantitative estimate of drug-likeness (QED) is 0.583. The number of aromatic amines is 1. The highest BCUT2D eigenvalue weighted by atomic mass is 16.3. The molecule has 0 aliphatic rings. The molecule has 50 valence electrons. The molecule has 0 aliphatic heterocycles. The molecular weight excluding hydrogens is 118 g/mol. The van der Waals surface area contributed by atoms with Gasteiger partial charge < -0.3 is 5.11 Å². The highest BCUT2D eigenvalue weighted by Gasteiger charge is 2.04. The lowest BCUT2D eigenvalue weighted by Gasteiger charge is -1.99. The van der Waals surface area contributed by atoms with E-state index >= 15 is 0 Å². The number of nitrogens with zero attached hydrogens (tertiary/aromatic N) is 2. The van der Waals surface area contributed by atoms with Gasteiger partial charge in [-0.2, -0.15) is 5.10 Å². The molecule has 1 aromatic heterocycles. The van der Waals surface area contributed by atoms with Crippen LogP contribution >= 0.6 is 0 Å². The van der Waals surface area contributed by atoms with Crippen LogP contribution in [-0.4, -0.2) is 26.9 Å². The fourth-order valence-corrected chi connectivity index (χ4v) is 0.539. The van der Waals surface area contributed by atoms with E-state index < -0.39 is 0 Å². The molecular formula is C5H9N3O. The summed E-state index contributed by atoms with van der Waals surface area (Å²) in [6.45, 7) is 1.98. The number of H-pyrrole nitrogens is 1. The molecule has 4 nitrogen and oxygen atoms in total. The molecule has 0 spiro atoms. The van der Waals surface area contributed by atoms with Gasteiger partial charge in [0.15, 0.2) is 0 Å². The highest BCUT2D eigenvalue weighted by Crippen LogP contribution is 2.05. The van der Waals surface area contributed by atoms with E-state index in [1.54, 1.807) is 0 Å². The summed E-state index contributed by atoms with van der Waals surface area (Å²) in [4.78, 5) is 3.86. The summed E-state index contributed by atoms with van der Waals surface area (Å²) >= 11 is 0. The summed E-state index contributed by atoms with van der Waals surface area (Å²) in [5, 5.41) is 14.9. The molecule has 0 saturated carbocycles. The maximum Gasteiger partial charge on any atom is 0.137 e. The predicted molar refractivity (Wildman–Crippen MR) is 31.9 cm³/mol. The molecule has 0 bridgehead atoms. The van der Waals surface area contributed by atoms with Crippen LogP contribution in [0.5, 0.6) is 0 Å². The smallest absolute Gasteiger partial charge is 0.137 e. The normalized spacial score (nSPS) is 13.6. The molecule has 2 N–H and O–H groups in total. The van der Waals surface area contributed by atoms with Gasteiger partial charge in [0.1, 0.15) is 12.2 Å². The summed E-state index contributed by atoms with van der Waals surface area (Å²) in [6, 6.07) is 0. The molecule has 0 radical (unpaired) electrons. The van der Waals surface area contributed by atoms with Crippen molar-refractivity contribution in [2.45, 2.75) is 12.8 Å². The molecule has 9 heavy (non-hydrogen) atoms. The minimum atomic E-state index is 0.0625. The van der Waals surface area contributed by atoms with Gasteiger partial charge in [-0.3, -0.25) is 5.10 Å². The second-order valence-corrected chi connectivity index (χ2v) is 1.95. The lowest BCUT2D eigenvalue weighted by molar-refractivity contribution is 0.269. The predicted octanol–water partition coefficient (Wildman–Crippen LogP) is -0.0995. The van der Waals surface area contributed by atoms with Gasteiger partial charge in [0.05, 0.1) is 6.61 Å². The van der Waals surface area contributed by atoms with E-state index in [-0.39, 0.29) is 12.5 Å². The summed E-state index contributed by atoms with van der Waals surface area (Å²) in [5.74, 6) is 0.796. The van der Waals surface area contributed by atoms with Gasteiger partial charge in [-0.15, -0.1) is 0 Å². The van der Waals surface area contributed by atoms with E-state index in [1.165, 1.54) is 6.33 Å². The zero-order valence-electron chi connectivity index (χ0n) is 5.20. The fourth-order valence-electron chi connectivity index (χ4n) is 0.539. The minimum absolute atomic E-state index is 0.0625. The maximum atomic E-state index is 8.62. The largest absolute Gasteiger partial charge is 0.396 e. The van der Waals surface area contributed by atoms with Gasteiger partial charge in [-0.25, -0.2) is 4.98 Å². The van der Waals surface area contributed by atoms with Crippen LogP contribution in [0.4, 0.5) is 0 Å². The summed E-state index contributed by atoms with van der Waals surface area (Å²) in [7, 11) is 0. The van der Waals surface area contributed by atoms with E-state index in [2.05, 4.69) is 15.2 Å². The standard InChI is InChI=1S/C5H9N3O/c1-4(2-9)5-6-3-7-8-5/h3-4,9H,2H2,1H3,(H,6,7,8)/t4-/m0/s1. The lowest BCUT2D eigenvalue weighted by atomic mass is 10.2. The van der Waals surface area contributed by atoms with E-state index in [0.717, 1.165) is 5.82 Å². The SMILES string of the molecule is C[C@@H](CO)c1ncn[nH]1. The van der Waals surface area contributed by atoms with Gasteiger partial charge >= 0.3 is 0 Å². The Hall–Kier alpha value is -0.900. The second kappa shape index (κ2) is 2.59. The van der Waals surface area contributed by atoms with Crippen LogP contribution in [0.3, 0.4) is 0 Å². The molecule has 0 saturated heterocycles. The van der Waals surface area contributed by atoms with Crippen LogP contribution in [0.25, 0.3) is 0 Å². The number of hydrogen-bond acceptors (Lipinski definition) is 3. The Bertz CT molecular complexity index is 161. The van der Waals surface area contributed by atoms with Crippen molar-refractivity contribution in [3.05, 3.63) is 12.2 Å². The van der Waals surface area contributed by atoms with Crippen LogP contribution in [0.1, 0.15) is 18.7 Å². The Labute approximate surface area is 52.9 Å². The highest BCUT2D eigenvalue weighted by molar-refractivity contribution is 4.89. The molecule has 1 rings (SSSR count). The number of nitrogens with one attached hydrogen (secondary N) is 1. The number of aromatic nitrogens is 3. The third-order valence-electron chi connectivity index (χ3n) is 1.17. The van der Waals surface area contributed by atoms with Crippen LogP contribution in [0.15, 0.2) is 6.33 Å². The Morgan fingerprint density at radius 1 is 1.89 bits per heavy atom. The topological polar surface area (TPSA) is 61.8 Å². The average molecular weight is 127 g/mol. The lowest BCUT2D eigenvalue weighted by Crippen LogP contribution is -2.00. The molecule has 0 aromatic carbocycles. The molecule has 0 unspecified atom stereocenters. The molecule has 0 fully saturated rings. The molecule has 1 heterocycles. The van der Waals surface area contributed by atoms with Crippen molar-refractivity contribution in [1.29, 1.82) is 0 Å². The minimum Gasteiger partial charge on any atom is -0.396 e. The van der Waals surface area contributed by atoms with Crippen molar-refractivity contribution >= 4 is 0 Å². The molecule has 1 aromatic rings. The summed E-state index contributed by atoms with van der Waals surface area (Å²) in [6.07, 6.45) is 1.43. The monoisotopic (exact) mass is 127 g/mol. The first-order valence-corrected chi connectivity index (χ1v) is 2.80. The number of hydrogen-bond donors (Lipinski definition) is 2.